The van der Waals surface area contributed by atoms with Crippen molar-refractivity contribution >= 4 is 11.9 Å². The molecule has 0 amide bonds. The van der Waals surface area contributed by atoms with Crippen LogP contribution in [0.3, 0.4) is 0 Å². The Labute approximate surface area is 111 Å². The molecule has 1 aliphatic rings. The topological polar surface area (TPSA) is 61.8 Å². The number of ether oxygens (including phenoxy) is 3. The summed E-state index contributed by atoms with van der Waals surface area (Å²) in [7, 11) is 0. The second-order valence-corrected chi connectivity index (χ2v) is 4.52. The zero-order chi connectivity index (χ0) is 13.8. The van der Waals surface area contributed by atoms with E-state index in [1.807, 2.05) is 13.0 Å². The van der Waals surface area contributed by atoms with E-state index in [9.17, 15) is 9.59 Å². The molecule has 2 rings (SSSR count). The van der Waals surface area contributed by atoms with Crippen LogP contribution in [0.15, 0.2) is 30.3 Å². The highest BCUT2D eigenvalue weighted by Gasteiger charge is 2.40. The summed E-state index contributed by atoms with van der Waals surface area (Å²) in [6.07, 6.45) is -1.39. The lowest BCUT2D eigenvalue weighted by molar-refractivity contribution is -0.180. The monoisotopic (exact) mass is 264 g/mol. The average Bonchev–Trinajstić information content (AvgIpc) is 2.72. The predicted octanol–water partition coefficient (Wildman–Crippen LogP) is 1.77. The summed E-state index contributed by atoms with van der Waals surface area (Å²) in [5.41, 5.74) is 0.461. The minimum atomic E-state index is -0.819. The van der Waals surface area contributed by atoms with Gasteiger partial charge in [0, 0.05) is 12.8 Å². The molecule has 0 bridgehead atoms. The third-order valence-electron chi connectivity index (χ3n) is 2.89. The zero-order valence-electron chi connectivity index (χ0n) is 10.9. The highest BCUT2D eigenvalue weighted by molar-refractivity contribution is 5.89. The summed E-state index contributed by atoms with van der Waals surface area (Å²) in [5.74, 6) is -0.919. The van der Waals surface area contributed by atoms with Gasteiger partial charge < -0.3 is 14.2 Å². The van der Waals surface area contributed by atoms with Gasteiger partial charge in [-0.15, -0.1) is 0 Å². The van der Waals surface area contributed by atoms with Gasteiger partial charge >= 0.3 is 11.9 Å². The second kappa shape index (κ2) is 5.84. The maximum atomic E-state index is 12.0. The molecule has 0 aliphatic carbocycles. The van der Waals surface area contributed by atoms with E-state index in [1.54, 1.807) is 24.3 Å². The number of hydrogen-bond acceptors (Lipinski definition) is 5. The standard InChI is InChI=1S/C14H16O5/c1-9-8-17-14(18-10(2)15)12(9)19-13(16)11-6-4-3-5-7-11/h3-7,9,12,14H,8H2,1-2H3/t9?,12-,14?/m0/s1. The van der Waals surface area contributed by atoms with Crippen molar-refractivity contribution in [1.29, 1.82) is 0 Å². The van der Waals surface area contributed by atoms with E-state index >= 15 is 0 Å². The maximum Gasteiger partial charge on any atom is 0.338 e. The summed E-state index contributed by atoms with van der Waals surface area (Å²) < 4.78 is 15.7. The van der Waals surface area contributed by atoms with Crippen LogP contribution in [0, 0.1) is 5.92 Å². The fourth-order valence-electron chi connectivity index (χ4n) is 1.91. The van der Waals surface area contributed by atoms with Crippen LogP contribution in [-0.4, -0.2) is 30.9 Å². The Morgan fingerprint density at radius 1 is 1.21 bits per heavy atom. The van der Waals surface area contributed by atoms with Crippen molar-refractivity contribution in [2.45, 2.75) is 26.2 Å². The summed E-state index contributed by atoms with van der Waals surface area (Å²) in [4.78, 5) is 22.9. The molecule has 0 aromatic heterocycles. The number of benzene rings is 1. The fourth-order valence-corrected chi connectivity index (χ4v) is 1.91. The van der Waals surface area contributed by atoms with Gasteiger partial charge in [-0.05, 0) is 12.1 Å². The quantitative estimate of drug-likeness (QED) is 0.778. The van der Waals surface area contributed by atoms with E-state index in [-0.39, 0.29) is 5.92 Å². The molecule has 3 atom stereocenters. The minimum absolute atomic E-state index is 0.0167. The SMILES string of the molecule is CC(=O)OC1OCC(C)[C@@H]1OC(=O)c1ccccc1. The number of carbonyl (C=O) groups is 2. The molecular weight excluding hydrogens is 248 g/mol. The highest BCUT2D eigenvalue weighted by atomic mass is 16.7. The fraction of sp³-hybridized carbons (Fsp3) is 0.429. The Hall–Kier alpha value is -1.88. The van der Waals surface area contributed by atoms with Crippen LogP contribution in [0.25, 0.3) is 0 Å². The molecule has 19 heavy (non-hydrogen) atoms. The van der Waals surface area contributed by atoms with Crippen LogP contribution in [0.1, 0.15) is 24.2 Å². The van der Waals surface area contributed by atoms with Crippen molar-refractivity contribution in [3.05, 3.63) is 35.9 Å². The molecule has 1 aromatic rings. The van der Waals surface area contributed by atoms with Gasteiger partial charge in [-0.1, -0.05) is 25.1 Å². The number of carbonyl (C=O) groups excluding carboxylic acids is 2. The van der Waals surface area contributed by atoms with Crippen molar-refractivity contribution in [2.24, 2.45) is 5.92 Å². The largest absolute Gasteiger partial charge is 0.452 e. The molecule has 0 saturated carbocycles. The lowest BCUT2D eigenvalue weighted by Gasteiger charge is -2.20. The van der Waals surface area contributed by atoms with Crippen molar-refractivity contribution in [3.63, 3.8) is 0 Å². The van der Waals surface area contributed by atoms with Crippen LogP contribution in [0.4, 0.5) is 0 Å². The van der Waals surface area contributed by atoms with E-state index < -0.39 is 24.3 Å². The Balaban J connectivity index is 2.03. The van der Waals surface area contributed by atoms with Crippen LogP contribution in [0.5, 0.6) is 0 Å². The first-order valence-electron chi connectivity index (χ1n) is 6.13. The summed E-state index contributed by atoms with van der Waals surface area (Å²) in [6.45, 7) is 3.57. The average molecular weight is 264 g/mol. The number of esters is 2. The first-order chi connectivity index (χ1) is 9.08. The van der Waals surface area contributed by atoms with Gasteiger partial charge in [0.1, 0.15) is 0 Å². The highest BCUT2D eigenvalue weighted by Crippen LogP contribution is 2.25. The van der Waals surface area contributed by atoms with E-state index in [1.165, 1.54) is 6.92 Å². The van der Waals surface area contributed by atoms with Crippen LogP contribution in [0.2, 0.25) is 0 Å². The van der Waals surface area contributed by atoms with Gasteiger partial charge in [0.2, 0.25) is 6.29 Å². The Morgan fingerprint density at radius 2 is 1.89 bits per heavy atom. The Bertz CT molecular complexity index is 456. The van der Waals surface area contributed by atoms with Crippen molar-refractivity contribution in [1.82, 2.24) is 0 Å². The normalized spacial score (nSPS) is 25.9. The number of rotatable bonds is 3. The van der Waals surface area contributed by atoms with Crippen molar-refractivity contribution < 1.29 is 23.8 Å². The lowest BCUT2D eigenvalue weighted by atomic mass is 10.1. The molecular formula is C14H16O5. The first-order valence-corrected chi connectivity index (χ1v) is 6.13. The smallest absolute Gasteiger partial charge is 0.338 e. The molecule has 1 aromatic carbocycles. The maximum absolute atomic E-state index is 12.0. The summed E-state index contributed by atoms with van der Waals surface area (Å²) >= 11 is 0. The molecule has 1 saturated heterocycles. The summed E-state index contributed by atoms with van der Waals surface area (Å²) in [6, 6.07) is 8.68. The third-order valence-corrected chi connectivity index (χ3v) is 2.89. The van der Waals surface area contributed by atoms with Gasteiger partial charge in [-0.3, -0.25) is 4.79 Å². The van der Waals surface area contributed by atoms with Crippen LogP contribution < -0.4 is 0 Å². The first kappa shape index (κ1) is 13.5. The third kappa shape index (κ3) is 3.32. The zero-order valence-corrected chi connectivity index (χ0v) is 10.9. The predicted molar refractivity (Wildman–Crippen MR) is 66.3 cm³/mol. The van der Waals surface area contributed by atoms with Crippen LogP contribution >= 0.6 is 0 Å². The molecule has 1 heterocycles. The van der Waals surface area contributed by atoms with E-state index in [0.29, 0.717) is 12.2 Å². The second-order valence-electron chi connectivity index (χ2n) is 4.52. The molecule has 102 valence electrons. The van der Waals surface area contributed by atoms with Gasteiger partial charge in [0.05, 0.1) is 12.2 Å². The van der Waals surface area contributed by atoms with Gasteiger partial charge in [-0.25, -0.2) is 4.79 Å². The number of hydrogen-bond donors (Lipinski definition) is 0. The molecule has 0 spiro atoms. The van der Waals surface area contributed by atoms with Crippen LogP contribution in [-0.2, 0) is 19.0 Å². The van der Waals surface area contributed by atoms with Crippen molar-refractivity contribution in [3.8, 4) is 0 Å². The minimum Gasteiger partial charge on any atom is -0.452 e. The Morgan fingerprint density at radius 3 is 2.53 bits per heavy atom. The molecule has 1 fully saturated rings. The van der Waals surface area contributed by atoms with E-state index in [0.717, 1.165) is 0 Å². The van der Waals surface area contributed by atoms with E-state index in [2.05, 4.69) is 0 Å². The van der Waals surface area contributed by atoms with Gasteiger partial charge in [0.15, 0.2) is 6.10 Å². The summed E-state index contributed by atoms with van der Waals surface area (Å²) in [5, 5.41) is 0. The lowest BCUT2D eigenvalue weighted by Crippen LogP contribution is -2.34. The molecule has 5 heteroatoms. The van der Waals surface area contributed by atoms with Crippen molar-refractivity contribution in [2.75, 3.05) is 6.61 Å². The van der Waals surface area contributed by atoms with Gasteiger partial charge in [0.25, 0.3) is 0 Å². The van der Waals surface area contributed by atoms with Gasteiger partial charge in [-0.2, -0.15) is 0 Å². The molecule has 1 aliphatic heterocycles. The van der Waals surface area contributed by atoms with E-state index in [4.69, 9.17) is 14.2 Å². The molecule has 0 N–H and O–H groups in total. The Kier molecular flexibility index (Phi) is 4.16. The molecule has 2 unspecified atom stereocenters. The molecule has 0 radical (unpaired) electrons. The molecule has 5 nitrogen and oxygen atoms in total.